The zero-order valence-electron chi connectivity index (χ0n) is 11.1. The van der Waals surface area contributed by atoms with Crippen molar-refractivity contribution in [2.75, 3.05) is 33.2 Å². The quantitative estimate of drug-likeness (QED) is 0.870. The lowest BCUT2D eigenvalue weighted by molar-refractivity contribution is 0.0988. The van der Waals surface area contributed by atoms with Gasteiger partial charge in [-0.3, -0.25) is 9.69 Å². The molecule has 2 N–H and O–H groups in total. The highest BCUT2D eigenvalue weighted by Gasteiger charge is 2.22. The molecule has 98 valence electrons. The number of nitrogens with two attached hydrogens (primary N) is 1. The summed E-state index contributed by atoms with van der Waals surface area (Å²) in [5.41, 5.74) is 7.12. The zero-order valence-corrected chi connectivity index (χ0v) is 11.1. The summed E-state index contributed by atoms with van der Waals surface area (Å²) in [7, 11) is 2.14. The summed E-state index contributed by atoms with van der Waals surface area (Å²) in [6.45, 7) is 6.36. The Labute approximate surface area is 108 Å². The van der Waals surface area contributed by atoms with E-state index in [9.17, 15) is 4.79 Å². The number of carbonyl (C=O) groups is 1. The first-order valence-corrected chi connectivity index (χ1v) is 6.41. The highest BCUT2D eigenvalue weighted by Crippen LogP contribution is 2.24. The van der Waals surface area contributed by atoms with Crippen LogP contribution in [0.5, 0.6) is 0 Å². The molecule has 1 amide bonds. The lowest BCUT2D eigenvalue weighted by Gasteiger charge is -2.37. The van der Waals surface area contributed by atoms with Crippen molar-refractivity contribution < 1.29 is 4.79 Å². The van der Waals surface area contributed by atoms with Crippen LogP contribution in [0.25, 0.3) is 0 Å². The number of hydrogen-bond donors (Lipinski definition) is 1. The first kappa shape index (κ1) is 13.1. The molecule has 1 aliphatic rings. The molecule has 1 heterocycles. The maximum absolute atomic E-state index is 11.5. The van der Waals surface area contributed by atoms with Gasteiger partial charge in [-0.1, -0.05) is 18.2 Å². The Hall–Kier alpha value is -1.39. The van der Waals surface area contributed by atoms with E-state index in [1.807, 2.05) is 24.3 Å². The summed E-state index contributed by atoms with van der Waals surface area (Å²) in [5, 5.41) is 0. The number of likely N-dealkylation sites (N-methyl/N-ethyl adjacent to an activating group) is 1. The predicted molar refractivity (Wildman–Crippen MR) is 72.4 cm³/mol. The number of amides is 1. The molecule has 1 aromatic carbocycles. The van der Waals surface area contributed by atoms with Crippen molar-refractivity contribution in [3.05, 3.63) is 35.4 Å². The van der Waals surface area contributed by atoms with E-state index >= 15 is 0 Å². The Kier molecular flexibility index (Phi) is 3.99. The lowest BCUT2D eigenvalue weighted by atomic mass is 9.99. The van der Waals surface area contributed by atoms with Crippen LogP contribution in [-0.2, 0) is 0 Å². The highest BCUT2D eigenvalue weighted by molar-refractivity contribution is 5.94. The van der Waals surface area contributed by atoms with Crippen molar-refractivity contribution in [1.29, 1.82) is 0 Å². The van der Waals surface area contributed by atoms with Gasteiger partial charge in [-0.05, 0) is 25.6 Å². The topological polar surface area (TPSA) is 49.6 Å². The van der Waals surface area contributed by atoms with Crippen LogP contribution in [0.2, 0.25) is 0 Å². The van der Waals surface area contributed by atoms with Crippen molar-refractivity contribution >= 4 is 5.91 Å². The van der Waals surface area contributed by atoms with Gasteiger partial charge >= 0.3 is 0 Å². The molecule has 2 rings (SSSR count). The van der Waals surface area contributed by atoms with Crippen LogP contribution in [0.3, 0.4) is 0 Å². The van der Waals surface area contributed by atoms with Gasteiger partial charge in [-0.2, -0.15) is 0 Å². The third-order valence-corrected chi connectivity index (χ3v) is 3.76. The first-order valence-electron chi connectivity index (χ1n) is 6.41. The van der Waals surface area contributed by atoms with E-state index in [1.54, 1.807) is 0 Å². The number of nitrogens with zero attached hydrogens (tertiary/aromatic N) is 2. The van der Waals surface area contributed by atoms with Gasteiger partial charge in [0, 0.05) is 37.8 Å². The number of hydrogen-bond acceptors (Lipinski definition) is 3. The minimum absolute atomic E-state index is 0.238. The van der Waals surface area contributed by atoms with Crippen molar-refractivity contribution in [2.45, 2.75) is 13.0 Å². The molecule has 1 saturated heterocycles. The molecule has 1 aliphatic heterocycles. The average Bonchev–Trinajstić information content (AvgIpc) is 2.39. The molecule has 1 atom stereocenters. The number of piperazine rings is 1. The second-order valence-electron chi connectivity index (χ2n) is 4.97. The SMILES string of the molecule is CC(c1ccccc1C(N)=O)N1CCN(C)CC1. The molecule has 0 spiro atoms. The first-order chi connectivity index (χ1) is 8.59. The van der Waals surface area contributed by atoms with Crippen molar-refractivity contribution in [1.82, 2.24) is 9.80 Å². The summed E-state index contributed by atoms with van der Waals surface area (Å²) >= 11 is 0. The van der Waals surface area contributed by atoms with Gasteiger partial charge in [0.05, 0.1) is 0 Å². The summed E-state index contributed by atoms with van der Waals surface area (Å²) < 4.78 is 0. The summed E-state index contributed by atoms with van der Waals surface area (Å²) in [6, 6.07) is 7.88. The molecule has 1 aromatic rings. The van der Waals surface area contributed by atoms with E-state index in [-0.39, 0.29) is 11.9 Å². The van der Waals surface area contributed by atoms with Gasteiger partial charge in [-0.25, -0.2) is 0 Å². The molecule has 0 aromatic heterocycles. The maximum atomic E-state index is 11.5. The fourth-order valence-corrected chi connectivity index (χ4v) is 2.49. The molecular weight excluding hydrogens is 226 g/mol. The molecule has 4 nitrogen and oxygen atoms in total. The Balaban J connectivity index is 2.18. The van der Waals surface area contributed by atoms with Crippen LogP contribution < -0.4 is 5.73 Å². The number of rotatable bonds is 3. The monoisotopic (exact) mass is 247 g/mol. The predicted octanol–water partition coefficient (Wildman–Crippen LogP) is 1.09. The Morgan fingerprint density at radius 1 is 1.22 bits per heavy atom. The third-order valence-electron chi connectivity index (χ3n) is 3.76. The Morgan fingerprint density at radius 2 is 1.83 bits per heavy atom. The van der Waals surface area contributed by atoms with Crippen LogP contribution in [0.4, 0.5) is 0 Å². The molecule has 1 unspecified atom stereocenters. The van der Waals surface area contributed by atoms with Gasteiger partial charge in [0.15, 0.2) is 0 Å². The lowest BCUT2D eigenvalue weighted by Crippen LogP contribution is -2.45. The second kappa shape index (κ2) is 5.50. The van der Waals surface area contributed by atoms with Crippen molar-refractivity contribution in [3.63, 3.8) is 0 Å². The van der Waals surface area contributed by atoms with Crippen molar-refractivity contribution in [3.8, 4) is 0 Å². The van der Waals surface area contributed by atoms with Gasteiger partial charge in [0.25, 0.3) is 0 Å². The number of benzene rings is 1. The van der Waals surface area contributed by atoms with E-state index < -0.39 is 0 Å². The van der Waals surface area contributed by atoms with Gasteiger partial charge < -0.3 is 10.6 Å². The average molecular weight is 247 g/mol. The molecule has 18 heavy (non-hydrogen) atoms. The van der Waals surface area contributed by atoms with Gasteiger partial charge in [0.1, 0.15) is 0 Å². The molecule has 4 heteroatoms. The van der Waals surface area contributed by atoms with Crippen LogP contribution in [-0.4, -0.2) is 48.9 Å². The van der Waals surface area contributed by atoms with Crippen molar-refractivity contribution in [2.24, 2.45) is 5.73 Å². The van der Waals surface area contributed by atoms with Gasteiger partial charge in [0.2, 0.25) is 5.91 Å². The van der Waals surface area contributed by atoms with Crippen LogP contribution >= 0.6 is 0 Å². The molecule has 0 aliphatic carbocycles. The number of carbonyl (C=O) groups excluding carboxylic acids is 1. The largest absolute Gasteiger partial charge is 0.366 e. The molecular formula is C14H21N3O. The standard InChI is InChI=1S/C14H21N3O/c1-11(17-9-7-16(2)8-10-17)12-5-3-4-6-13(12)14(15)18/h3-6,11H,7-10H2,1-2H3,(H2,15,18). The second-order valence-corrected chi connectivity index (χ2v) is 4.97. The van der Waals surface area contributed by atoms with E-state index in [0.717, 1.165) is 31.7 Å². The fourth-order valence-electron chi connectivity index (χ4n) is 2.49. The van der Waals surface area contributed by atoms with Crippen LogP contribution in [0.1, 0.15) is 28.9 Å². The summed E-state index contributed by atoms with van der Waals surface area (Å²) in [6.07, 6.45) is 0. The van der Waals surface area contributed by atoms with E-state index in [4.69, 9.17) is 5.73 Å². The highest BCUT2D eigenvalue weighted by atomic mass is 16.1. The molecule has 0 radical (unpaired) electrons. The smallest absolute Gasteiger partial charge is 0.249 e. The Morgan fingerprint density at radius 3 is 2.44 bits per heavy atom. The summed E-state index contributed by atoms with van der Waals surface area (Å²) in [5.74, 6) is -0.341. The normalized spacial score (nSPS) is 19.7. The van der Waals surface area contributed by atoms with Gasteiger partial charge in [-0.15, -0.1) is 0 Å². The third kappa shape index (κ3) is 2.71. The van der Waals surface area contributed by atoms with E-state index in [1.165, 1.54) is 0 Å². The molecule has 1 fully saturated rings. The van der Waals surface area contributed by atoms with E-state index in [2.05, 4.69) is 23.8 Å². The molecule has 0 bridgehead atoms. The van der Waals surface area contributed by atoms with Crippen LogP contribution in [0.15, 0.2) is 24.3 Å². The van der Waals surface area contributed by atoms with E-state index in [0.29, 0.717) is 5.56 Å². The Bertz CT molecular complexity index is 425. The van der Waals surface area contributed by atoms with Crippen LogP contribution in [0, 0.1) is 0 Å². The minimum Gasteiger partial charge on any atom is -0.366 e. The minimum atomic E-state index is -0.341. The molecule has 0 saturated carbocycles. The number of primary amides is 1. The maximum Gasteiger partial charge on any atom is 0.249 e. The fraction of sp³-hybridized carbons (Fsp3) is 0.500. The zero-order chi connectivity index (χ0) is 13.1. The summed E-state index contributed by atoms with van der Waals surface area (Å²) in [4.78, 5) is 16.2.